The Morgan fingerprint density at radius 1 is 1.06 bits per heavy atom. The number of aromatic nitrogens is 3. The molecule has 3 rings (SSSR count). The van der Waals surface area contributed by atoms with E-state index in [4.69, 9.17) is 0 Å². The molecule has 0 fully saturated rings. The lowest BCUT2D eigenvalue weighted by molar-refractivity contribution is 0.300. The first kappa shape index (κ1) is 10.9. The summed E-state index contributed by atoms with van der Waals surface area (Å²) in [5.74, 6) is 0.664. The Hall–Kier alpha value is -2.20. The summed E-state index contributed by atoms with van der Waals surface area (Å²) >= 11 is 0. The molecule has 0 aliphatic rings. The van der Waals surface area contributed by atoms with Crippen molar-refractivity contribution in [3.63, 3.8) is 0 Å². The van der Waals surface area contributed by atoms with E-state index in [1.54, 1.807) is 18.5 Å². The highest BCUT2D eigenvalue weighted by molar-refractivity contribution is 5.89. The average molecular weight is 239 g/mol. The lowest BCUT2D eigenvalue weighted by Gasteiger charge is -2.01. The Balaban J connectivity index is 2.25. The number of fused-ring (bicyclic) bond motifs is 1. The molecule has 0 aliphatic heterocycles. The van der Waals surface area contributed by atoms with Crippen molar-refractivity contribution < 1.29 is 5.11 Å². The van der Waals surface area contributed by atoms with Gasteiger partial charge in [0.1, 0.15) is 0 Å². The fourth-order valence-corrected chi connectivity index (χ4v) is 2.19. The van der Waals surface area contributed by atoms with Gasteiger partial charge in [0, 0.05) is 29.9 Å². The molecule has 0 unspecified atom stereocenters. The van der Waals surface area contributed by atoms with Crippen molar-refractivity contribution in [3.05, 3.63) is 48.3 Å². The van der Waals surface area contributed by atoms with Crippen molar-refractivity contribution in [2.75, 3.05) is 6.61 Å². The van der Waals surface area contributed by atoms with Gasteiger partial charge in [0.25, 0.3) is 0 Å². The first-order valence-corrected chi connectivity index (χ1v) is 5.88. The molecule has 3 aromatic rings. The minimum atomic E-state index is 0.113. The topological polar surface area (TPSA) is 61.8 Å². The van der Waals surface area contributed by atoms with Crippen LogP contribution in [0.5, 0.6) is 0 Å². The number of H-pyrrole nitrogens is 1. The Morgan fingerprint density at radius 2 is 1.83 bits per heavy atom. The number of hydrogen-bond donors (Lipinski definition) is 2. The van der Waals surface area contributed by atoms with Gasteiger partial charge in [-0.25, -0.2) is 9.97 Å². The van der Waals surface area contributed by atoms with Crippen LogP contribution in [-0.4, -0.2) is 26.7 Å². The second-order valence-electron chi connectivity index (χ2n) is 4.07. The van der Waals surface area contributed by atoms with Crippen molar-refractivity contribution in [3.8, 4) is 11.5 Å². The molecule has 90 valence electrons. The van der Waals surface area contributed by atoms with E-state index in [0.29, 0.717) is 12.2 Å². The highest BCUT2D eigenvalue weighted by Gasteiger charge is 2.13. The van der Waals surface area contributed by atoms with Crippen LogP contribution >= 0.6 is 0 Å². The molecule has 0 bridgehead atoms. The number of benzene rings is 1. The molecule has 0 atom stereocenters. The van der Waals surface area contributed by atoms with Crippen LogP contribution in [0.2, 0.25) is 0 Å². The van der Waals surface area contributed by atoms with Crippen LogP contribution < -0.4 is 0 Å². The number of nitrogens with one attached hydrogen (secondary N) is 1. The maximum atomic E-state index is 9.21. The number of aliphatic hydroxyl groups is 1. The Kier molecular flexibility index (Phi) is 2.78. The smallest absolute Gasteiger partial charge is 0.176 e. The van der Waals surface area contributed by atoms with Crippen LogP contribution in [0.3, 0.4) is 0 Å². The van der Waals surface area contributed by atoms with E-state index >= 15 is 0 Å². The Morgan fingerprint density at radius 3 is 2.61 bits per heavy atom. The second-order valence-corrected chi connectivity index (χ2v) is 4.07. The van der Waals surface area contributed by atoms with Gasteiger partial charge in [-0.05, 0) is 24.1 Å². The zero-order chi connectivity index (χ0) is 12.4. The average Bonchev–Trinajstić information content (AvgIpc) is 2.80. The van der Waals surface area contributed by atoms with Crippen molar-refractivity contribution >= 4 is 10.9 Å². The van der Waals surface area contributed by atoms with Gasteiger partial charge >= 0.3 is 0 Å². The number of rotatable bonds is 3. The van der Waals surface area contributed by atoms with E-state index in [9.17, 15) is 5.11 Å². The zero-order valence-corrected chi connectivity index (χ0v) is 9.80. The summed E-state index contributed by atoms with van der Waals surface area (Å²) in [6.45, 7) is 0.113. The molecular weight excluding hydrogens is 226 g/mol. The lowest BCUT2D eigenvalue weighted by atomic mass is 10.1. The predicted molar refractivity (Wildman–Crippen MR) is 70.1 cm³/mol. The molecule has 4 heteroatoms. The number of aliphatic hydroxyl groups excluding tert-OH is 1. The quantitative estimate of drug-likeness (QED) is 0.736. The SMILES string of the molecule is OCCc1c(-c2ncccn2)[nH]c2ccccc12. The molecule has 0 saturated heterocycles. The van der Waals surface area contributed by atoms with Gasteiger partial charge in [0.05, 0.1) is 5.69 Å². The van der Waals surface area contributed by atoms with E-state index in [2.05, 4.69) is 15.0 Å². The number of hydrogen-bond acceptors (Lipinski definition) is 3. The largest absolute Gasteiger partial charge is 0.396 e. The fourth-order valence-electron chi connectivity index (χ4n) is 2.19. The Labute approximate surface area is 104 Å². The first-order valence-electron chi connectivity index (χ1n) is 5.88. The predicted octanol–water partition coefficient (Wildman–Crippen LogP) is 2.16. The molecular formula is C14H13N3O. The zero-order valence-electron chi connectivity index (χ0n) is 9.80. The molecule has 0 radical (unpaired) electrons. The molecule has 0 aliphatic carbocycles. The summed E-state index contributed by atoms with van der Waals surface area (Å²) in [5, 5.41) is 10.3. The molecule has 2 heterocycles. The summed E-state index contributed by atoms with van der Waals surface area (Å²) in [6, 6.07) is 9.83. The summed E-state index contributed by atoms with van der Waals surface area (Å²) in [6.07, 6.45) is 4.03. The van der Waals surface area contributed by atoms with Crippen molar-refractivity contribution in [2.45, 2.75) is 6.42 Å². The van der Waals surface area contributed by atoms with E-state index in [1.165, 1.54) is 0 Å². The van der Waals surface area contributed by atoms with Gasteiger partial charge in [0.2, 0.25) is 0 Å². The second kappa shape index (κ2) is 4.58. The molecule has 4 nitrogen and oxygen atoms in total. The third-order valence-corrected chi connectivity index (χ3v) is 2.96. The number of nitrogens with zero attached hydrogens (tertiary/aromatic N) is 2. The van der Waals surface area contributed by atoms with Crippen LogP contribution in [-0.2, 0) is 6.42 Å². The summed E-state index contributed by atoms with van der Waals surface area (Å²) in [4.78, 5) is 11.9. The summed E-state index contributed by atoms with van der Waals surface area (Å²) in [5.41, 5.74) is 3.01. The third-order valence-electron chi connectivity index (χ3n) is 2.96. The maximum absolute atomic E-state index is 9.21. The highest BCUT2D eigenvalue weighted by atomic mass is 16.2. The molecule has 2 N–H and O–H groups in total. The van der Waals surface area contributed by atoms with Gasteiger partial charge in [-0.2, -0.15) is 0 Å². The van der Waals surface area contributed by atoms with Crippen LogP contribution in [0, 0.1) is 0 Å². The minimum absolute atomic E-state index is 0.113. The highest BCUT2D eigenvalue weighted by Crippen LogP contribution is 2.28. The fraction of sp³-hybridized carbons (Fsp3) is 0.143. The van der Waals surface area contributed by atoms with Gasteiger partial charge in [-0.15, -0.1) is 0 Å². The number of para-hydroxylation sites is 1. The van der Waals surface area contributed by atoms with Crippen LogP contribution in [0.15, 0.2) is 42.7 Å². The monoisotopic (exact) mass is 239 g/mol. The van der Waals surface area contributed by atoms with E-state index in [0.717, 1.165) is 22.2 Å². The van der Waals surface area contributed by atoms with Crippen molar-refractivity contribution in [2.24, 2.45) is 0 Å². The molecule has 0 saturated carbocycles. The van der Waals surface area contributed by atoms with Gasteiger partial charge in [-0.1, -0.05) is 18.2 Å². The van der Waals surface area contributed by atoms with Crippen LogP contribution in [0.4, 0.5) is 0 Å². The Bertz CT molecular complexity index is 661. The minimum Gasteiger partial charge on any atom is -0.396 e. The van der Waals surface area contributed by atoms with Gasteiger partial charge in [-0.3, -0.25) is 0 Å². The lowest BCUT2D eigenvalue weighted by Crippen LogP contribution is -1.95. The maximum Gasteiger partial charge on any atom is 0.176 e. The van der Waals surface area contributed by atoms with E-state index in [1.807, 2.05) is 24.3 Å². The normalized spacial score (nSPS) is 10.9. The van der Waals surface area contributed by atoms with Crippen LogP contribution in [0.25, 0.3) is 22.4 Å². The first-order chi connectivity index (χ1) is 8.90. The standard InChI is InChI=1S/C14H13N3O/c18-9-6-11-10-4-1-2-5-12(10)17-13(11)14-15-7-3-8-16-14/h1-5,7-8,17-18H,6,9H2. The van der Waals surface area contributed by atoms with E-state index < -0.39 is 0 Å². The molecule has 0 spiro atoms. The molecule has 18 heavy (non-hydrogen) atoms. The molecule has 2 aromatic heterocycles. The van der Waals surface area contributed by atoms with E-state index in [-0.39, 0.29) is 6.61 Å². The third kappa shape index (κ3) is 1.76. The molecule has 0 amide bonds. The molecule has 1 aromatic carbocycles. The van der Waals surface area contributed by atoms with Crippen molar-refractivity contribution in [1.82, 2.24) is 15.0 Å². The van der Waals surface area contributed by atoms with Crippen LogP contribution in [0.1, 0.15) is 5.56 Å². The van der Waals surface area contributed by atoms with Crippen molar-refractivity contribution in [1.29, 1.82) is 0 Å². The van der Waals surface area contributed by atoms with Gasteiger partial charge < -0.3 is 10.1 Å². The summed E-state index contributed by atoms with van der Waals surface area (Å²) < 4.78 is 0. The summed E-state index contributed by atoms with van der Waals surface area (Å²) in [7, 11) is 0. The van der Waals surface area contributed by atoms with Gasteiger partial charge in [0.15, 0.2) is 5.82 Å². The number of aromatic amines is 1.